The standard InChI is InChI=1S/C9H17N3O/c1-4-8-10-11-9(6-13)12(8)5-7(2)3/h7,13H,4-6H2,1-3H3. The summed E-state index contributed by atoms with van der Waals surface area (Å²) in [6, 6.07) is 0. The predicted octanol–water partition coefficient (Wildman–Crippen LogP) is 0.989. The fourth-order valence-corrected chi connectivity index (χ4v) is 1.33. The normalized spacial score (nSPS) is 11.2. The molecule has 1 aromatic heterocycles. The Labute approximate surface area is 78.6 Å². The van der Waals surface area contributed by atoms with Crippen LogP contribution < -0.4 is 0 Å². The third-order valence-electron chi connectivity index (χ3n) is 1.91. The largest absolute Gasteiger partial charge is 0.388 e. The van der Waals surface area contributed by atoms with Gasteiger partial charge in [-0.1, -0.05) is 20.8 Å². The van der Waals surface area contributed by atoms with E-state index in [9.17, 15) is 0 Å². The molecule has 0 saturated heterocycles. The zero-order valence-electron chi connectivity index (χ0n) is 8.49. The zero-order chi connectivity index (χ0) is 9.84. The zero-order valence-corrected chi connectivity index (χ0v) is 8.49. The van der Waals surface area contributed by atoms with E-state index < -0.39 is 0 Å². The number of aryl methyl sites for hydroxylation is 1. The van der Waals surface area contributed by atoms with Crippen molar-refractivity contribution in [3.8, 4) is 0 Å². The average molecular weight is 183 g/mol. The molecule has 0 amide bonds. The third kappa shape index (κ3) is 2.28. The van der Waals surface area contributed by atoms with Gasteiger partial charge in [0.1, 0.15) is 12.4 Å². The van der Waals surface area contributed by atoms with Crippen LogP contribution >= 0.6 is 0 Å². The first-order valence-corrected chi connectivity index (χ1v) is 4.70. The Morgan fingerprint density at radius 3 is 2.38 bits per heavy atom. The molecular weight excluding hydrogens is 166 g/mol. The molecule has 1 aromatic rings. The summed E-state index contributed by atoms with van der Waals surface area (Å²) in [5, 5.41) is 16.9. The SMILES string of the molecule is CCc1nnc(CO)n1CC(C)C. The highest BCUT2D eigenvalue weighted by Crippen LogP contribution is 2.07. The third-order valence-corrected chi connectivity index (χ3v) is 1.91. The molecule has 1 heterocycles. The van der Waals surface area contributed by atoms with E-state index in [1.54, 1.807) is 0 Å². The highest BCUT2D eigenvalue weighted by molar-refractivity contribution is 4.94. The highest BCUT2D eigenvalue weighted by atomic mass is 16.3. The van der Waals surface area contributed by atoms with E-state index in [0.717, 1.165) is 18.8 Å². The van der Waals surface area contributed by atoms with Crippen molar-refractivity contribution in [1.29, 1.82) is 0 Å². The molecule has 0 bridgehead atoms. The van der Waals surface area contributed by atoms with Crippen LogP contribution in [0.1, 0.15) is 32.4 Å². The summed E-state index contributed by atoms with van der Waals surface area (Å²) >= 11 is 0. The van der Waals surface area contributed by atoms with E-state index in [1.165, 1.54) is 0 Å². The van der Waals surface area contributed by atoms with E-state index in [2.05, 4.69) is 24.0 Å². The molecule has 0 radical (unpaired) electrons. The van der Waals surface area contributed by atoms with Crippen LogP contribution in [0.5, 0.6) is 0 Å². The summed E-state index contributed by atoms with van der Waals surface area (Å²) < 4.78 is 2.00. The molecule has 13 heavy (non-hydrogen) atoms. The van der Waals surface area contributed by atoms with E-state index in [4.69, 9.17) is 5.11 Å². The smallest absolute Gasteiger partial charge is 0.158 e. The second kappa shape index (κ2) is 4.37. The summed E-state index contributed by atoms with van der Waals surface area (Å²) in [5.41, 5.74) is 0. The van der Waals surface area contributed by atoms with Crippen LogP contribution in [0.3, 0.4) is 0 Å². The summed E-state index contributed by atoms with van der Waals surface area (Å²) in [5.74, 6) is 2.18. The van der Waals surface area contributed by atoms with Gasteiger partial charge in [0.2, 0.25) is 0 Å². The first-order chi connectivity index (χ1) is 6.19. The van der Waals surface area contributed by atoms with E-state index in [-0.39, 0.29) is 6.61 Å². The van der Waals surface area contributed by atoms with Gasteiger partial charge in [-0.05, 0) is 5.92 Å². The van der Waals surface area contributed by atoms with Crippen molar-refractivity contribution in [2.75, 3.05) is 0 Å². The van der Waals surface area contributed by atoms with E-state index in [1.807, 2.05) is 11.5 Å². The second-order valence-electron chi connectivity index (χ2n) is 3.55. The molecule has 0 aliphatic carbocycles. The molecule has 0 aliphatic rings. The maximum absolute atomic E-state index is 9.02. The van der Waals surface area contributed by atoms with Gasteiger partial charge in [0.15, 0.2) is 5.82 Å². The fraction of sp³-hybridized carbons (Fsp3) is 0.778. The molecule has 1 rings (SSSR count). The van der Waals surface area contributed by atoms with Crippen LogP contribution in [-0.4, -0.2) is 19.9 Å². The van der Waals surface area contributed by atoms with Crippen molar-refractivity contribution < 1.29 is 5.11 Å². The average Bonchev–Trinajstić information content (AvgIpc) is 2.46. The fourth-order valence-electron chi connectivity index (χ4n) is 1.33. The molecule has 0 saturated carbocycles. The minimum atomic E-state index is -0.0281. The van der Waals surface area contributed by atoms with Crippen LogP contribution in [0.15, 0.2) is 0 Å². The molecule has 0 aliphatic heterocycles. The lowest BCUT2D eigenvalue weighted by molar-refractivity contribution is 0.261. The number of aliphatic hydroxyl groups excluding tert-OH is 1. The second-order valence-corrected chi connectivity index (χ2v) is 3.55. The molecular formula is C9H17N3O. The molecule has 74 valence electrons. The highest BCUT2D eigenvalue weighted by Gasteiger charge is 2.10. The lowest BCUT2D eigenvalue weighted by Gasteiger charge is -2.10. The van der Waals surface area contributed by atoms with Gasteiger partial charge >= 0.3 is 0 Å². The molecule has 0 fully saturated rings. The van der Waals surface area contributed by atoms with Gasteiger partial charge in [0.05, 0.1) is 0 Å². The number of aromatic nitrogens is 3. The summed E-state index contributed by atoms with van der Waals surface area (Å²) in [4.78, 5) is 0. The van der Waals surface area contributed by atoms with E-state index >= 15 is 0 Å². The molecule has 0 unspecified atom stereocenters. The molecule has 4 nitrogen and oxygen atoms in total. The van der Waals surface area contributed by atoms with Crippen molar-refractivity contribution in [2.24, 2.45) is 5.92 Å². The van der Waals surface area contributed by atoms with Crippen molar-refractivity contribution in [3.63, 3.8) is 0 Å². The quantitative estimate of drug-likeness (QED) is 0.757. The van der Waals surface area contributed by atoms with Crippen LogP contribution in [-0.2, 0) is 19.6 Å². The first kappa shape index (κ1) is 10.2. The number of rotatable bonds is 4. The van der Waals surface area contributed by atoms with E-state index in [0.29, 0.717) is 11.7 Å². The number of aliphatic hydroxyl groups is 1. The van der Waals surface area contributed by atoms with Crippen molar-refractivity contribution >= 4 is 0 Å². The summed E-state index contributed by atoms with van der Waals surface area (Å²) in [6.07, 6.45) is 0.861. The van der Waals surface area contributed by atoms with Crippen LogP contribution in [0.25, 0.3) is 0 Å². The Morgan fingerprint density at radius 1 is 1.31 bits per heavy atom. The summed E-state index contributed by atoms with van der Waals surface area (Å²) in [7, 11) is 0. The maximum Gasteiger partial charge on any atom is 0.158 e. The van der Waals surface area contributed by atoms with Gasteiger partial charge in [-0.15, -0.1) is 10.2 Å². The Hall–Kier alpha value is -0.900. The van der Waals surface area contributed by atoms with Gasteiger partial charge in [-0.25, -0.2) is 0 Å². The molecule has 0 spiro atoms. The van der Waals surface area contributed by atoms with Gasteiger partial charge in [0, 0.05) is 13.0 Å². The lowest BCUT2D eigenvalue weighted by atomic mass is 10.2. The Bertz CT molecular complexity index is 246. The van der Waals surface area contributed by atoms with Crippen LogP contribution in [0.4, 0.5) is 0 Å². The Balaban J connectivity index is 2.91. The first-order valence-electron chi connectivity index (χ1n) is 4.70. The summed E-state index contributed by atoms with van der Waals surface area (Å²) in [6.45, 7) is 7.18. The van der Waals surface area contributed by atoms with Crippen molar-refractivity contribution in [2.45, 2.75) is 40.3 Å². The van der Waals surface area contributed by atoms with Crippen molar-refractivity contribution in [1.82, 2.24) is 14.8 Å². The number of hydrogen-bond donors (Lipinski definition) is 1. The molecule has 4 heteroatoms. The van der Waals surface area contributed by atoms with Crippen LogP contribution in [0.2, 0.25) is 0 Å². The van der Waals surface area contributed by atoms with Gasteiger partial charge in [-0.3, -0.25) is 0 Å². The minimum absolute atomic E-state index is 0.0281. The molecule has 1 N–H and O–H groups in total. The minimum Gasteiger partial charge on any atom is -0.388 e. The molecule has 0 aromatic carbocycles. The van der Waals surface area contributed by atoms with Gasteiger partial charge in [0.25, 0.3) is 0 Å². The van der Waals surface area contributed by atoms with Crippen LogP contribution in [0, 0.1) is 5.92 Å². The maximum atomic E-state index is 9.02. The Morgan fingerprint density at radius 2 is 1.92 bits per heavy atom. The predicted molar refractivity (Wildman–Crippen MR) is 50.2 cm³/mol. The Kier molecular flexibility index (Phi) is 3.42. The van der Waals surface area contributed by atoms with Gasteiger partial charge in [-0.2, -0.15) is 0 Å². The molecule has 0 atom stereocenters. The number of nitrogens with zero attached hydrogens (tertiary/aromatic N) is 3. The monoisotopic (exact) mass is 183 g/mol. The van der Waals surface area contributed by atoms with Gasteiger partial charge < -0.3 is 9.67 Å². The number of hydrogen-bond acceptors (Lipinski definition) is 3. The topological polar surface area (TPSA) is 50.9 Å². The van der Waals surface area contributed by atoms with Crippen molar-refractivity contribution in [3.05, 3.63) is 11.6 Å². The lowest BCUT2D eigenvalue weighted by Crippen LogP contribution is -2.11.